The van der Waals surface area contributed by atoms with Crippen molar-refractivity contribution in [3.8, 4) is 17.2 Å². The number of hydrogen-bond acceptors (Lipinski definition) is 7. The molecule has 3 rings (SSSR count). The molecule has 2 atom stereocenters. The molecule has 0 saturated heterocycles. The standard InChI is InChI=1S/C35H53N2O7P/c1-2-3-4-5-6-7-8-9-10-11-12-13-14-21-27-40-30-33(43-35-29-34(44-36-35)32-22-17-15-18-23-32)31-42-45(38,39)41-28-26-37-24-19-16-20-25-37/h15-20,22-25,29,33H,2-14,21,26-28,30-31H2,1H3/p+1. The predicted molar refractivity (Wildman–Crippen MR) is 176 cm³/mol. The zero-order valence-corrected chi connectivity index (χ0v) is 28.0. The van der Waals surface area contributed by atoms with Crippen LogP contribution < -0.4 is 9.30 Å². The lowest BCUT2D eigenvalue weighted by molar-refractivity contribution is -0.697. The first-order chi connectivity index (χ1) is 22.1. The van der Waals surface area contributed by atoms with Crippen LogP contribution in [0, 0.1) is 0 Å². The van der Waals surface area contributed by atoms with Gasteiger partial charge in [0.05, 0.1) is 13.2 Å². The van der Waals surface area contributed by atoms with Crippen molar-refractivity contribution in [1.82, 2.24) is 5.16 Å². The largest absolute Gasteiger partial charge is 0.472 e. The van der Waals surface area contributed by atoms with Gasteiger partial charge in [-0.05, 0) is 11.6 Å². The summed E-state index contributed by atoms with van der Waals surface area (Å²) in [6.45, 7) is 3.24. The molecular weight excluding hydrogens is 591 g/mol. The van der Waals surface area contributed by atoms with Crippen LogP contribution in [-0.4, -0.2) is 42.6 Å². The van der Waals surface area contributed by atoms with E-state index in [9.17, 15) is 9.46 Å². The van der Waals surface area contributed by atoms with Crippen molar-refractivity contribution in [2.24, 2.45) is 0 Å². The van der Waals surface area contributed by atoms with E-state index in [-0.39, 0.29) is 25.7 Å². The van der Waals surface area contributed by atoms with Crippen molar-refractivity contribution in [2.45, 2.75) is 109 Å². The highest BCUT2D eigenvalue weighted by atomic mass is 31.2. The van der Waals surface area contributed by atoms with Gasteiger partial charge in [0.15, 0.2) is 24.7 Å². The van der Waals surface area contributed by atoms with Crippen molar-refractivity contribution in [3.05, 3.63) is 67.0 Å². The first kappa shape index (κ1) is 36.9. The molecular formula is C35H54N2O7P+. The molecule has 0 saturated carbocycles. The minimum Gasteiger partial charge on any atom is -0.467 e. The smallest absolute Gasteiger partial charge is 0.467 e. The number of unbranched alkanes of at least 4 members (excludes halogenated alkanes) is 13. The van der Waals surface area contributed by atoms with Gasteiger partial charge in [-0.15, -0.1) is 0 Å². The fourth-order valence-corrected chi connectivity index (χ4v) is 5.75. The maximum absolute atomic E-state index is 12.5. The summed E-state index contributed by atoms with van der Waals surface area (Å²) in [5, 5.41) is 4.01. The topological polar surface area (TPSA) is 104 Å². The van der Waals surface area contributed by atoms with E-state index < -0.39 is 13.9 Å². The molecule has 2 unspecified atom stereocenters. The van der Waals surface area contributed by atoms with Gasteiger partial charge in [0, 0.05) is 30.4 Å². The Kier molecular flexibility index (Phi) is 18.8. The molecule has 1 aromatic carbocycles. The Morgan fingerprint density at radius 3 is 2.02 bits per heavy atom. The third-order valence-corrected chi connectivity index (χ3v) is 8.57. The number of hydrogen-bond donors (Lipinski definition) is 1. The Balaban J connectivity index is 1.34. The normalized spacial score (nSPS) is 13.5. The summed E-state index contributed by atoms with van der Waals surface area (Å²) < 4.78 is 42.1. The molecule has 1 N–H and O–H groups in total. The van der Waals surface area contributed by atoms with Crippen molar-refractivity contribution >= 4 is 7.82 Å². The Labute approximate surface area is 269 Å². The van der Waals surface area contributed by atoms with Gasteiger partial charge in [0.1, 0.15) is 12.7 Å². The predicted octanol–water partition coefficient (Wildman–Crippen LogP) is 8.71. The molecule has 0 spiro atoms. The molecule has 0 aliphatic heterocycles. The quantitative estimate of drug-likeness (QED) is 0.0499. The summed E-state index contributed by atoms with van der Waals surface area (Å²) in [5.74, 6) is 0.805. The summed E-state index contributed by atoms with van der Waals surface area (Å²) in [6, 6.07) is 16.9. The first-order valence-corrected chi connectivity index (χ1v) is 18.4. The molecule has 0 bridgehead atoms. The summed E-state index contributed by atoms with van der Waals surface area (Å²) in [6.07, 6.45) is 21.2. The molecule has 10 heteroatoms. The molecule has 2 heterocycles. The molecule has 0 aliphatic carbocycles. The third-order valence-electron chi connectivity index (χ3n) is 7.59. The zero-order valence-electron chi connectivity index (χ0n) is 27.1. The minimum atomic E-state index is -4.30. The molecule has 0 fully saturated rings. The van der Waals surface area contributed by atoms with Gasteiger partial charge >= 0.3 is 7.82 Å². The molecule has 0 amide bonds. The summed E-state index contributed by atoms with van der Waals surface area (Å²) in [4.78, 5) is 10.2. The summed E-state index contributed by atoms with van der Waals surface area (Å²) in [5.41, 5.74) is 0.867. The first-order valence-electron chi connectivity index (χ1n) is 16.9. The summed E-state index contributed by atoms with van der Waals surface area (Å²) in [7, 11) is -4.30. The average molecular weight is 646 g/mol. The lowest BCUT2D eigenvalue weighted by Crippen LogP contribution is -2.34. The second-order valence-electron chi connectivity index (χ2n) is 11.5. The second-order valence-corrected chi connectivity index (χ2v) is 13.0. The maximum Gasteiger partial charge on any atom is 0.472 e. The Morgan fingerprint density at radius 1 is 0.778 bits per heavy atom. The van der Waals surface area contributed by atoms with E-state index in [0.29, 0.717) is 18.9 Å². The number of benzene rings is 1. The van der Waals surface area contributed by atoms with Crippen molar-refractivity contribution in [1.29, 1.82) is 0 Å². The number of aromatic nitrogens is 2. The lowest BCUT2D eigenvalue weighted by atomic mass is 10.0. The highest BCUT2D eigenvalue weighted by Crippen LogP contribution is 2.43. The second kappa shape index (κ2) is 22.9. The monoisotopic (exact) mass is 645 g/mol. The maximum atomic E-state index is 12.5. The van der Waals surface area contributed by atoms with Gasteiger partial charge in [-0.1, -0.05) is 127 Å². The zero-order chi connectivity index (χ0) is 31.8. The molecule has 3 aromatic rings. The van der Waals surface area contributed by atoms with E-state index >= 15 is 0 Å². The van der Waals surface area contributed by atoms with Gasteiger partial charge in [0.25, 0.3) is 5.88 Å². The Bertz CT molecular complexity index is 1180. The van der Waals surface area contributed by atoms with E-state index in [4.69, 9.17) is 23.0 Å². The number of rotatable bonds is 27. The fraction of sp³-hybridized carbons (Fsp3) is 0.600. The van der Waals surface area contributed by atoms with E-state index in [0.717, 1.165) is 18.4 Å². The number of pyridine rings is 1. The van der Waals surface area contributed by atoms with Crippen molar-refractivity contribution < 1.29 is 37.1 Å². The van der Waals surface area contributed by atoms with Crippen LogP contribution in [0.15, 0.2) is 71.5 Å². The van der Waals surface area contributed by atoms with E-state index in [1.54, 1.807) is 6.07 Å². The van der Waals surface area contributed by atoms with E-state index in [1.165, 1.54) is 77.0 Å². The third kappa shape index (κ3) is 17.1. The summed E-state index contributed by atoms with van der Waals surface area (Å²) >= 11 is 0. The van der Waals surface area contributed by atoms with Gasteiger partial charge in [-0.3, -0.25) is 9.05 Å². The highest BCUT2D eigenvalue weighted by Gasteiger charge is 2.25. The molecule has 250 valence electrons. The average Bonchev–Trinajstić information content (AvgIpc) is 3.53. The van der Waals surface area contributed by atoms with Crippen LogP contribution in [0.5, 0.6) is 5.88 Å². The van der Waals surface area contributed by atoms with E-state index in [2.05, 4.69) is 12.1 Å². The van der Waals surface area contributed by atoms with Crippen molar-refractivity contribution in [3.63, 3.8) is 0 Å². The number of nitrogens with zero attached hydrogens (tertiary/aromatic N) is 2. The van der Waals surface area contributed by atoms with Crippen LogP contribution >= 0.6 is 7.82 Å². The van der Waals surface area contributed by atoms with E-state index in [1.807, 2.05) is 65.5 Å². The van der Waals surface area contributed by atoms with Crippen molar-refractivity contribution in [2.75, 3.05) is 26.4 Å². The minimum absolute atomic E-state index is 0.0212. The number of phosphoric ester groups is 1. The molecule has 0 radical (unpaired) electrons. The van der Waals surface area contributed by atoms with Crippen LogP contribution in [0.4, 0.5) is 0 Å². The molecule has 2 aromatic heterocycles. The van der Waals surface area contributed by atoms with Gasteiger partial charge in [-0.25, -0.2) is 9.13 Å². The SMILES string of the molecule is CCCCCCCCCCCCCCCCOCC(COP(=O)(O)OCC[n+]1ccccc1)Oc1cc(-c2ccccc2)on1. The fourth-order valence-electron chi connectivity index (χ4n) is 5.01. The highest BCUT2D eigenvalue weighted by molar-refractivity contribution is 7.47. The Morgan fingerprint density at radius 2 is 1.38 bits per heavy atom. The number of phosphoric acid groups is 1. The van der Waals surface area contributed by atoms with Crippen LogP contribution in [-0.2, 0) is 24.9 Å². The van der Waals surface area contributed by atoms with Gasteiger partial charge < -0.3 is 18.9 Å². The molecule has 9 nitrogen and oxygen atoms in total. The van der Waals surface area contributed by atoms with Crippen LogP contribution in [0.3, 0.4) is 0 Å². The molecule has 0 aliphatic rings. The van der Waals surface area contributed by atoms with Gasteiger partial charge in [-0.2, -0.15) is 0 Å². The van der Waals surface area contributed by atoms with Crippen LogP contribution in [0.2, 0.25) is 0 Å². The lowest BCUT2D eigenvalue weighted by Gasteiger charge is -2.19. The van der Waals surface area contributed by atoms with Gasteiger partial charge in [0.2, 0.25) is 0 Å². The number of ether oxygens (including phenoxy) is 2. The Hall–Kier alpha value is -2.55. The van der Waals surface area contributed by atoms with Crippen LogP contribution in [0.25, 0.3) is 11.3 Å². The molecule has 45 heavy (non-hydrogen) atoms. The van der Waals surface area contributed by atoms with Crippen LogP contribution in [0.1, 0.15) is 96.8 Å².